The number of rotatable bonds is 5. The Hall–Kier alpha value is -1.62. The monoisotopic (exact) mass is 265 g/mol. The molecule has 0 atom stereocenters. The molecule has 0 aliphatic heterocycles. The molecule has 0 bridgehead atoms. The molecule has 1 amide bonds. The Morgan fingerprint density at radius 1 is 1.50 bits per heavy atom. The van der Waals surface area contributed by atoms with Crippen LogP contribution in [-0.4, -0.2) is 35.9 Å². The Kier molecular flexibility index (Phi) is 5.09. The van der Waals surface area contributed by atoms with Crippen LogP contribution in [0.5, 0.6) is 0 Å². The van der Waals surface area contributed by atoms with Gasteiger partial charge in [-0.05, 0) is 26.0 Å². The van der Waals surface area contributed by atoms with Gasteiger partial charge < -0.3 is 16.0 Å². The van der Waals surface area contributed by atoms with E-state index >= 15 is 0 Å². The van der Waals surface area contributed by atoms with Crippen molar-refractivity contribution in [3.05, 3.63) is 29.3 Å². The van der Waals surface area contributed by atoms with Crippen LogP contribution >= 0.6 is 12.2 Å². The van der Waals surface area contributed by atoms with Gasteiger partial charge in [0.1, 0.15) is 4.99 Å². The summed E-state index contributed by atoms with van der Waals surface area (Å²) in [5.41, 5.74) is 8.33. The summed E-state index contributed by atoms with van der Waals surface area (Å²) in [6.45, 7) is 4.84. The standard InChI is InChI=1S/C13H19N3OS/c1-4-16(3)12(17)8-15-11-6-5-9(2)7-10(11)13(14)18/h5-7,15H,4,8H2,1-3H3,(H2,14,18). The topological polar surface area (TPSA) is 58.4 Å². The van der Waals surface area contributed by atoms with E-state index in [0.717, 1.165) is 16.8 Å². The third-order valence-corrected chi connectivity index (χ3v) is 2.99. The highest BCUT2D eigenvalue weighted by Gasteiger charge is 2.09. The summed E-state index contributed by atoms with van der Waals surface area (Å²) in [6, 6.07) is 5.76. The molecule has 0 radical (unpaired) electrons. The van der Waals surface area contributed by atoms with Crippen molar-refractivity contribution in [2.24, 2.45) is 5.73 Å². The summed E-state index contributed by atoms with van der Waals surface area (Å²) >= 11 is 5.01. The lowest BCUT2D eigenvalue weighted by atomic mass is 10.1. The number of nitrogens with one attached hydrogen (secondary N) is 1. The summed E-state index contributed by atoms with van der Waals surface area (Å²) in [7, 11) is 1.77. The molecule has 0 saturated heterocycles. The largest absolute Gasteiger partial charge is 0.389 e. The number of hydrogen-bond donors (Lipinski definition) is 2. The average Bonchev–Trinajstić information content (AvgIpc) is 2.35. The second kappa shape index (κ2) is 6.35. The van der Waals surface area contributed by atoms with E-state index in [1.54, 1.807) is 11.9 Å². The van der Waals surface area contributed by atoms with E-state index in [2.05, 4.69) is 5.32 Å². The van der Waals surface area contributed by atoms with Gasteiger partial charge in [-0.15, -0.1) is 0 Å². The number of carbonyl (C=O) groups excluding carboxylic acids is 1. The molecule has 1 aromatic rings. The molecule has 4 nitrogen and oxygen atoms in total. The van der Waals surface area contributed by atoms with Crippen LogP contribution in [0.3, 0.4) is 0 Å². The number of likely N-dealkylation sites (N-methyl/N-ethyl adjacent to an activating group) is 1. The Morgan fingerprint density at radius 2 is 2.17 bits per heavy atom. The SMILES string of the molecule is CCN(C)C(=O)CNc1ccc(C)cc1C(N)=S. The summed E-state index contributed by atoms with van der Waals surface area (Å²) in [6.07, 6.45) is 0. The van der Waals surface area contributed by atoms with Crippen molar-refractivity contribution in [2.45, 2.75) is 13.8 Å². The van der Waals surface area contributed by atoms with Crippen molar-refractivity contribution in [1.82, 2.24) is 4.90 Å². The number of nitrogens with two attached hydrogens (primary N) is 1. The van der Waals surface area contributed by atoms with E-state index in [1.165, 1.54) is 0 Å². The predicted molar refractivity (Wildman–Crippen MR) is 78.9 cm³/mol. The first-order chi connectivity index (χ1) is 8.45. The lowest BCUT2D eigenvalue weighted by Gasteiger charge is -2.16. The van der Waals surface area contributed by atoms with Gasteiger partial charge in [0.15, 0.2) is 0 Å². The van der Waals surface area contributed by atoms with Crippen LogP contribution in [0.4, 0.5) is 5.69 Å². The molecule has 1 aromatic carbocycles. The molecule has 0 aliphatic carbocycles. The van der Waals surface area contributed by atoms with E-state index in [4.69, 9.17) is 18.0 Å². The molecule has 0 spiro atoms. The summed E-state index contributed by atoms with van der Waals surface area (Å²) in [4.78, 5) is 13.7. The van der Waals surface area contributed by atoms with Gasteiger partial charge in [0, 0.05) is 24.8 Å². The number of anilines is 1. The molecular weight excluding hydrogens is 246 g/mol. The summed E-state index contributed by atoms with van der Waals surface area (Å²) < 4.78 is 0. The van der Waals surface area contributed by atoms with Gasteiger partial charge in [0.2, 0.25) is 5.91 Å². The second-order valence-electron chi connectivity index (χ2n) is 4.17. The molecule has 0 aromatic heterocycles. The Labute approximate surface area is 113 Å². The molecule has 5 heteroatoms. The number of hydrogen-bond acceptors (Lipinski definition) is 3. The van der Waals surface area contributed by atoms with Crippen molar-refractivity contribution < 1.29 is 4.79 Å². The molecule has 98 valence electrons. The van der Waals surface area contributed by atoms with Gasteiger partial charge in [-0.25, -0.2) is 0 Å². The maximum Gasteiger partial charge on any atom is 0.241 e. The van der Waals surface area contributed by atoms with E-state index in [0.29, 0.717) is 11.5 Å². The molecule has 1 rings (SSSR count). The molecule has 18 heavy (non-hydrogen) atoms. The minimum atomic E-state index is 0.0342. The van der Waals surface area contributed by atoms with Crippen molar-refractivity contribution in [3.8, 4) is 0 Å². The zero-order valence-electron chi connectivity index (χ0n) is 11.0. The Morgan fingerprint density at radius 3 is 2.72 bits per heavy atom. The van der Waals surface area contributed by atoms with E-state index in [1.807, 2.05) is 32.0 Å². The van der Waals surface area contributed by atoms with Gasteiger partial charge in [0.05, 0.1) is 6.54 Å². The van der Waals surface area contributed by atoms with Crippen molar-refractivity contribution in [3.63, 3.8) is 0 Å². The number of carbonyl (C=O) groups is 1. The van der Waals surface area contributed by atoms with Crippen molar-refractivity contribution >= 4 is 28.8 Å². The Bertz CT molecular complexity index is 460. The van der Waals surface area contributed by atoms with Gasteiger partial charge >= 0.3 is 0 Å². The number of nitrogens with zero attached hydrogens (tertiary/aromatic N) is 1. The number of aryl methyl sites for hydroxylation is 1. The lowest BCUT2D eigenvalue weighted by molar-refractivity contribution is -0.127. The molecule has 3 N–H and O–H groups in total. The predicted octanol–water partition coefficient (Wildman–Crippen LogP) is 1.52. The zero-order chi connectivity index (χ0) is 13.7. The number of benzene rings is 1. The van der Waals surface area contributed by atoms with E-state index in [9.17, 15) is 4.79 Å². The van der Waals surface area contributed by atoms with Crippen molar-refractivity contribution in [1.29, 1.82) is 0 Å². The van der Waals surface area contributed by atoms with Crippen LogP contribution in [0, 0.1) is 6.92 Å². The number of amides is 1. The van der Waals surface area contributed by atoms with Crippen LogP contribution in [0.1, 0.15) is 18.1 Å². The summed E-state index contributed by atoms with van der Waals surface area (Å²) in [5, 5.41) is 3.08. The normalized spacial score (nSPS) is 9.94. The van der Waals surface area contributed by atoms with E-state index < -0.39 is 0 Å². The zero-order valence-corrected chi connectivity index (χ0v) is 11.8. The molecule has 0 fully saturated rings. The van der Waals surface area contributed by atoms with Gasteiger partial charge in [-0.3, -0.25) is 4.79 Å². The van der Waals surface area contributed by atoms with Crippen LogP contribution in [-0.2, 0) is 4.79 Å². The fourth-order valence-electron chi connectivity index (χ4n) is 1.50. The first kappa shape index (κ1) is 14.4. The third kappa shape index (κ3) is 3.70. The fraction of sp³-hybridized carbons (Fsp3) is 0.385. The quantitative estimate of drug-likeness (QED) is 0.793. The minimum absolute atomic E-state index is 0.0342. The summed E-state index contributed by atoms with van der Waals surface area (Å²) in [5.74, 6) is 0.0342. The molecular formula is C13H19N3OS. The first-order valence-electron chi connectivity index (χ1n) is 5.84. The van der Waals surface area contributed by atoms with Gasteiger partial charge in [0.25, 0.3) is 0 Å². The fourth-order valence-corrected chi connectivity index (χ4v) is 1.67. The molecule has 0 aliphatic rings. The van der Waals surface area contributed by atoms with Crippen LogP contribution in [0.2, 0.25) is 0 Å². The second-order valence-corrected chi connectivity index (χ2v) is 4.61. The lowest BCUT2D eigenvalue weighted by Crippen LogP contribution is -2.32. The first-order valence-corrected chi connectivity index (χ1v) is 6.24. The highest BCUT2D eigenvalue weighted by molar-refractivity contribution is 7.80. The smallest absolute Gasteiger partial charge is 0.241 e. The number of thiocarbonyl (C=S) groups is 1. The highest BCUT2D eigenvalue weighted by Crippen LogP contribution is 2.17. The molecule has 0 saturated carbocycles. The van der Waals surface area contributed by atoms with Crippen LogP contribution in [0.25, 0.3) is 0 Å². The Balaban J connectivity index is 2.79. The van der Waals surface area contributed by atoms with E-state index in [-0.39, 0.29) is 12.5 Å². The molecule has 0 unspecified atom stereocenters. The van der Waals surface area contributed by atoms with Crippen LogP contribution in [0.15, 0.2) is 18.2 Å². The maximum absolute atomic E-state index is 11.7. The maximum atomic E-state index is 11.7. The molecule has 0 heterocycles. The average molecular weight is 265 g/mol. The van der Waals surface area contributed by atoms with Crippen molar-refractivity contribution in [2.75, 3.05) is 25.5 Å². The third-order valence-electron chi connectivity index (χ3n) is 2.77. The minimum Gasteiger partial charge on any atom is -0.389 e. The van der Waals surface area contributed by atoms with Crippen LogP contribution < -0.4 is 11.1 Å². The highest BCUT2D eigenvalue weighted by atomic mass is 32.1. The van der Waals surface area contributed by atoms with Gasteiger partial charge in [-0.1, -0.05) is 23.8 Å². The van der Waals surface area contributed by atoms with Gasteiger partial charge in [-0.2, -0.15) is 0 Å².